The highest BCUT2D eigenvalue weighted by atomic mass is 14.6. The molecular weight excluding hydrogens is 254 g/mol. The Bertz CT molecular complexity index is 815. The summed E-state index contributed by atoms with van der Waals surface area (Å²) in [6, 6.07) is 19.3. The van der Waals surface area contributed by atoms with Crippen molar-refractivity contribution in [3.8, 4) is 11.1 Å². The molecule has 0 saturated heterocycles. The first-order chi connectivity index (χ1) is 10.2. The number of aryl methyl sites for hydroxylation is 1. The van der Waals surface area contributed by atoms with Crippen LogP contribution in [0.2, 0.25) is 0 Å². The molecule has 0 saturated carbocycles. The molecule has 3 aromatic rings. The van der Waals surface area contributed by atoms with Gasteiger partial charge >= 0.3 is 0 Å². The molecule has 0 radical (unpaired) electrons. The van der Waals surface area contributed by atoms with Crippen molar-refractivity contribution < 1.29 is 0 Å². The quantitative estimate of drug-likeness (QED) is 0.644. The van der Waals surface area contributed by atoms with Gasteiger partial charge in [0, 0.05) is 5.69 Å². The van der Waals surface area contributed by atoms with Gasteiger partial charge in [0.05, 0.1) is 0 Å². The van der Waals surface area contributed by atoms with E-state index in [0.717, 1.165) is 23.2 Å². The molecule has 0 aliphatic rings. The molecule has 0 fully saturated rings. The lowest BCUT2D eigenvalue weighted by molar-refractivity contribution is 1.15. The third kappa shape index (κ3) is 2.55. The van der Waals surface area contributed by atoms with Gasteiger partial charge in [-0.1, -0.05) is 62.0 Å². The normalized spacial score (nSPS) is 10.7. The second-order valence-corrected chi connectivity index (χ2v) is 5.30. The smallest absolute Gasteiger partial charge is 0.0393 e. The van der Waals surface area contributed by atoms with E-state index in [9.17, 15) is 0 Å². The monoisotopic (exact) mass is 273 g/mol. The molecule has 0 aliphatic carbocycles. The molecule has 3 rings (SSSR count). The van der Waals surface area contributed by atoms with Crippen LogP contribution in [0.5, 0.6) is 0 Å². The Labute approximate surface area is 125 Å². The average Bonchev–Trinajstić information content (AvgIpc) is 2.53. The number of benzene rings is 3. The molecule has 0 heterocycles. The molecule has 0 aliphatic heterocycles. The highest BCUT2D eigenvalue weighted by molar-refractivity contribution is 5.88. The first-order valence-electron chi connectivity index (χ1n) is 7.26. The van der Waals surface area contributed by atoms with Gasteiger partial charge in [0.1, 0.15) is 0 Å². The molecule has 0 amide bonds. The number of fused-ring (bicyclic) bond motifs is 1. The van der Waals surface area contributed by atoms with Crippen molar-refractivity contribution in [2.45, 2.75) is 13.3 Å². The van der Waals surface area contributed by atoms with E-state index in [-0.39, 0.29) is 0 Å². The van der Waals surface area contributed by atoms with Crippen molar-refractivity contribution in [1.82, 2.24) is 0 Å². The van der Waals surface area contributed by atoms with Gasteiger partial charge < -0.3 is 5.73 Å². The maximum atomic E-state index is 6.05. The summed E-state index contributed by atoms with van der Waals surface area (Å²) in [5.74, 6) is 0. The Kier molecular flexibility index (Phi) is 3.49. The second kappa shape index (κ2) is 5.45. The van der Waals surface area contributed by atoms with Crippen molar-refractivity contribution in [1.29, 1.82) is 0 Å². The van der Waals surface area contributed by atoms with E-state index >= 15 is 0 Å². The SMILES string of the molecule is C=Cc1ccc(-c2ccc3cc(CC)ccc3c2)cc1N. The molecule has 1 heteroatoms. The number of nitrogen functional groups attached to an aromatic ring is 1. The standard InChI is InChI=1S/C20H19N/c1-3-14-5-6-17-12-18(10-9-16(17)11-14)19-8-7-15(4-2)20(21)13-19/h4-13H,2-3,21H2,1H3. The lowest BCUT2D eigenvalue weighted by Crippen LogP contribution is -1.90. The molecule has 2 N–H and O–H groups in total. The minimum absolute atomic E-state index is 0.768. The number of anilines is 1. The molecule has 0 aromatic heterocycles. The molecular formula is C20H19N. The summed E-state index contributed by atoms with van der Waals surface area (Å²) in [5.41, 5.74) is 11.5. The minimum atomic E-state index is 0.768. The maximum Gasteiger partial charge on any atom is 0.0393 e. The summed E-state index contributed by atoms with van der Waals surface area (Å²) < 4.78 is 0. The zero-order chi connectivity index (χ0) is 14.8. The van der Waals surface area contributed by atoms with Gasteiger partial charge in [-0.25, -0.2) is 0 Å². The molecule has 3 aromatic carbocycles. The van der Waals surface area contributed by atoms with Gasteiger partial charge in [-0.05, 0) is 51.6 Å². The van der Waals surface area contributed by atoms with Crippen LogP contribution in [0.1, 0.15) is 18.1 Å². The molecule has 0 spiro atoms. The molecule has 0 atom stereocenters. The Morgan fingerprint density at radius 1 is 0.905 bits per heavy atom. The third-order valence-electron chi connectivity index (χ3n) is 3.95. The fourth-order valence-electron chi connectivity index (χ4n) is 2.63. The van der Waals surface area contributed by atoms with Crippen LogP contribution < -0.4 is 5.73 Å². The Morgan fingerprint density at radius 3 is 2.29 bits per heavy atom. The van der Waals surface area contributed by atoms with Crippen LogP contribution in [0.15, 0.2) is 61.2 Å². The number of rotatable bonds is 3. The van der Waals surface area contributed by atoms with Crippen LogP contribution >= 0.6 is 0 Å². The molecule has 104 valence electrons. The summed E-state index contributed by atoms with van der Waals surface area (Å²) in [6.07, 6.45) is 2.85. The van der Waals surface area contributed by atoms with Gasteiger partial charge in [-0.15, -0.1) is 0 Å². The van der Waals surface area contributed by atoms with E-state index < -0.39 is 0 Å². The average molecular weight is 273 g/mol. The highest BCUT2D eigenvalue weighted by Gasteiger charge is 2.03. The van der Waals surface area contributed by atoms with Crippen LogP contribution in [-0.2, 0) is 6.42 Å². The molecule has 21 heavy (non-hydrogen) atoms. The zero-order valence-electron chi connectivity index (χ0n) is 12.3. The predicted octanol–water partition coefficient (Wildman–Crippen LogP) is 5.29. The van der Waals surface area contributed by atoms with E-state index in [2.05, 4.69) is 56.0 Å². The van der Waals surface area contributed by atoms with Crippen LogP contribution in [0.4, 0.5) is 5.69 Å². The third-order valence-corrected chi connectivity index (χ3v) is 3.95. The van der Waals surface area contributed by atoms with Crippen molar-refractivity contribution >= 4 is 22.5 Å². The summed E-state index contributed by atoms with van der Waals surface area (Å²) in [5, 5.41) is 2.55. The van der Waals surface area contributed by atoms with E-state index in [1.807, 2.05) is 12.1 Å². The van der Waals surface area contributed by atoms with Gasteiger partial charge in [0.25, 0.3) is 0 Å². The lowest BCUT2D eigenvalue weighted by atomic mass is 9.98. The van der Waals surface area contributed by atoms with Crippen LogP contribution in [-0.4, -0.2) is 0 Å². The summed E-state index contributed by atoms with van der Waals surface area (Å²) in [6.45, 7) is 5.95. The molecule has 0 bridgehead atoms. The Balaban J connectivity index is 2.08. The topological polar surface area (TPSA) is 26.0 Å². The van der Waals surface area contributed by atoms with Gasteiger partial charge in [-0.3, -0.25) is 0 Å². The summed E-state index contributed by atoms with van der Waals surface area (Å²) >= 11 is 0. The minimum Gasteiger partial charge on any atom is -0.398 e. The van der Waals surface area contributed by atoms with E-state index in [1.54, 1.807) is 6.08 Å². The number of hydrogen-bond donors (Lipinski definition) is 1. The maximum absolute atomic E-state index is 6.05. The van der Waals surface area contributed by atoms with Crippen LogP contribution in [0.3, 0.4) is 0 Å². The second-order valence-electron chi connectivity index (χ2n) is 5.30. The lowest BCUT2D eigenvalue weighted by Gasteiger charge is -2.08. The number of hydrogen-bond acceptors (Lipinski definition) is 1. The van der Waals surface area contributed by atoms with Crippen LogP contribution in [0, 0.1) is 0 Å². The van der Waals surface area contributed by atoms with E-state index in [0.29, 0.717) is 0 Å². The van der Waals surface area contributed by atoms with Crippen molar-refractivity contribution in [3.63, 3.8) is 0 Å². The summed E-state index contributed by atoms with van der Waals surface area (Å²) in [4.78, 5) is 0. The Morgan fingerprint density at radius 2 is 1.57 bits per heavy atom. The van der Waals surface area contributed by atoms with Crippen molar-refractivity contribution in [3.05, 3.63) is 72.3 Å². The van der Waals surface area contributed by atoms with Crippen molar-refractivity contribution in [2.24, 2.45) is 0 Å². The summed E-state index contributed by atoms with van der Waals surface area (Å²) in [7, 11) is 0. The van der Waals surface area contributed by atoms with Gasteiger partial charge in [0.15, 0.2) is 0 Å². The van der Waals surface area contributed by atoms with Gasteiger partial charge in [0.2, 0.25) is 0 Å². The van der Waals surface area contributed by atoms with Crippen LogP contribution in [0.25, 0.3) is 28.0 Å². The predicted molar refractivity (Wildman–Crippen MR) is 93.3 cm³/mol. The largest absolute Gasteiger partial charge is 0.398 e. The zero-order valence-corrected chi connectivity index (χ0v) is 12.3. The Hall–Kier alpha value is -2.54. The fraction of sp³-hybridized carbons (Fsp3) is 0.100. The van der Waals surface area contributed by atoms with E-state index in [1.165, 1.54) is 21.9 Å². The van der Waals surface area contributed by atoms with E-state index in [4.69, 9.17) is 5.73 Å². The first kappa shape index (κ1) is 13.4. The molecule has 1 nitrogen and oxygen atoms in total. The molecule has 0 unspecified atom stereocenters. The van der Waals surface area contributed by atoms with Crippen molar-refractivity contribution in [2.75, 3.05) is 5.73 Å². The number of nitrogens with two attached hydrogens (primary N) is 1. The van der Waals surface area contributed by atoms with Gasteiger partial charge in [-0.2, -0.15) is 0 Å². The first-order valence-corrected chi connectivity index (χ1v) is 7.26. The highest BCUT2D eigenvalue weighted by Crippen LogP contribution is 2.28. The fourth-order valence-corrected chi connectivity index (χ4v) is 2.63.